The number of carbonyl (C=O) groups is 1. The molecule has 1 aromatic carbocycles. The Bertz CT molecular complexity index is 1110. The number of carbonyl (C=O) groups excluding carboxylic acids is 1. The van der Waals surface area contributed by atoms with Crippen LogP contribution >= 0.6 is 23.2 Å². The highest BCUT2D eigenvalue weighted by Crippen LogP contribution is 2.31. The lowest BCUT2D eigenvalue weighted by molar-refractivity contribution is 0.0725. The molecule has 1 aliphatic carbocycles. The van der Waals surface area contributed by atoms with Gasteiger partial charge < -0.3 is 10.4 Å². The molecule has 3 aromatic rings. The molecule has 2 aromatic heterocycles. The van der Waals surface area contributed by atoms with Crippen molar-refractivity contribution in [2.75, 3.05) is 5.32 Å². The fourth-order valence-electron chi connectivity index (χ4n) is 3.69. The Hall–Kier alpha value is -2.55. The second-order valence-corrected chi connectivity index (χ2v) is 8.49. The van der Waals surface area contributed by atoms with E-state index < -0.39 is 24.1 Å². The molecule has 1 aliphatic rings. The van der Waals surface area contributed by atoms with Gasteiger partial charge in [0.15, 0.2) is 0 Å². The lowest BCUT2D eigenvalue weighted by Crippen LogP contribution is -2.32. The molecule has 0 spiro atoms. The first kappa shape index (κ1) is 21.7. The smallest absolute Gasteiger partial charge is 0.218 e. The van der Waals surface area contributed by atoms with E-state index in [1.165, 1.54) is 12.5 Å². The minimum absolute atomic E-state index is 0.176. The molecular formula is C21H20Cl2FN5O2. The maximum absolute atomic E-state index is 14.4. The zero-order valence-electron chi connectivity index (χ0n) is 16.5. The predicted octanol–water partition coefficient (Wildman–Crippen LogP) is 3.78. The molecule has 2 N–H and O–H groups in total. The fourth-order valence-corrected chi connectivity index (χ4v) is 4.07. The number of halogens is 3. The van der Waals surface area contributed by atoms with Gasteiger partial charge in [-0.05, 0) is 42.2 Å². The molecule has 4 rings (SSSR count). The third kappa shape index (κ3) is 4.56. The molecule has 1 fully saturated rings. The highest BCUT2D eigenvalue weighted by Gasteiger charge is 2.41. The number of aliphatic hydroxyl groups excluding tert-OH is 1. The van der Waals surface area contributed by atoms with Crippen molar-refractivity contribution in [3.05, 3.63) is 69.9 Å². The lowest BCUT2D eigenvalue weighted by Gasteiger charge is -2.18. The number of aromatic nitrogens is 4. The number of nitrogens with zero attached hydrogens (tertiary/aromatic N) is 4. The van der Waals surface area contributed by atoms with Gasteiger partial charge >= 0.3 is 0 Å². The van der Waals surface area contributed by atoms with Crippen molar-refractivity contribution in [1.82, 2.24) is 19.7 Å². The number of alkyl halides is 1. The number of aliphatic hydroxyl groups is 1. The van der Waals surface area contributed by atoms with Gasteiger partial charge in [0.1, 0.15) is 24.0 Å². The van der Waals surface area contributed by atoms with Crippen LogP contribution in [0.15, 0.2) is 43.0 Å². The highest BCUT2D eigenvalue weighted by atomic mass is 35.5. The molecule has 10 heteroatoms. The minimum Gasteiger partial charge on any atom is -0.390 e. The summed E-state index contributed by atoms with van der Waals surface area (Å²) in [6.45, 7) is 2.12. The van der Waals surface area contributed by atoms with E-state index in [2.05, 4.69) is 20.4 Å². The van der Waals surface area contributed by atoms with Crippen LogP contribution in [0.25, 0.3) is 0 Å². The minimum atomic E-state index is -1.45. The summed E-state index contributed by atoms with van der Waals surface area (Å²) < 4.78 is 15.9. The Balaban J connectivity index is 1.54. The Kier molecular flexibility index (Phi) is 6.22. The quantitative estimate of drug-likeness (QED) is 0.540. The first-order chi connectivity index (χ1) is 14.8. The fraction of sp³-hybridized carbons (Fsp3) is 0.333. The average molecular weight is 464 g/mol. The Morgan fingerprint density at radius 3 is 2.90 bits per heavy atom. The monoisotopic (exact) mass is 463 g/mol. The largest absolute Gasteiger partial charge is 0.390 e. The van der Waals surface area contributed by atoms with Crippen LogP contribution in [0, 0.1) is 5.92 Å². The van der Waals surface area contributed by atoms with Gasteiger partial charge in [0.05, 0.1) is 24.3 Å². The van der Waals surface area contributed by atoms with Crippen molar-refractivity contribution in [3.8, 4) is 0 Å². The van der Waals surface area contributed by atoms with Gasteiger partial charge in [-0.15, -0.1) is 0 Å². The number of nitrogens with one attached hydrogen (secondary N) is 1. The van der Waals surface area contributed by atoms with Crippen LogP contribution in [0.3, 0.4) is 0 Å². The number of rotatable bonds is 6. The topological polar surface area (TPSA) is 92.9 Å². The number of hydrogen-bond donors (Lipinski definition) is 2. The Morgan fingerprint density at radius 1 is 1.35 bits per heavy atom. The zero-order valence-corrected chi connectivity index (χ0v) is 18.1. The van der Waals surface area contributed by atoms with Crippen LogP contribution in [-0.4, -0.2) is 49.0 Å². The molecule has 0 radical (unpaired) electrons. The van der Waals surface area contributed by atoms with Gasteiger partial charge in [-0.25, -0.2) is 14.4 Å². The molecule has 1 saturated carbocycles. The van der Waals surface area contributed by atoms with E-state index in [9.17, 15) is 14.3 Å². The van der Waals surface area contributed by atoms with E-state index in [4.69, 9.17) is 23.2 Å². The van der Waals surface area contributed by atoms with Crippen LogP contribution in [-0.2, 0) is 6.54 Å². The first-order valence-corrected chi connectivity index (χ1v) is 10.5. The second kappa shape index (κ2) is 8.90. The third-order valence-electron chi connectivity index (χ3n) is 5.41. The SMILES string of the molecule is C[C@@H]1C[C@@H](Nc2ncncc2C(=O)c2ccn(Cc3cc(Cl)ccc3Cl)n2)[C@@H](F)[C@@H]1O. The molecule has 0 bridgehead atoms. The normalized spacial score (nSPS) is 23.1. The highest BCUT2D eigenvalue weighted by molar-refractivity contribution is 6.33. The zero-order chi connectivity index (χ0) is 22.1. The summed E-state index contributed by atoms with van der Waals surface area (Å²) in [6, 6.07) is 6.07. The average Bonchev–Trinajstić information content (AvgIpc) is 3.31. The predicted molar refractivity (Wildman–Crippen MR) is 115 cm³/mol. The van der Waals surface area contributed by atoms with Gasteiger partial charge in [-0.2, -0.15) is 5.10 Å². The van der Waals surface area contributed by atoms with E-state index in [-0.39, 0.29) is 23.0 Å². The summed E-state index contributed by atoms with van der Waals surface area (Å²) in [5.74, 6) is -0.384. The van der Waals surface area contributed by atoms with Crippen LogP contribution in [0.5, 0.6) is 0 Å². The number of anilines is 1. The van der Waals surface area contributed by atoms with Crippen molar-refractivity contribution in [2.45, 2.75) is 38.2 Å². The van der Waals surface area contributed by atoms with Crippen LogP contribution in [0.1, 0.15) is 35.0 Å². The van der Waals surface area contributed by atoms with Crippen LogP contribution in [0.4, 0.5) is 10.2 Å². The van der Waals surface area contributed by atoms with Crippen molar-refractivity contribution in [1.29, 1.82) is 0 Å². The summed E-state index contributed by atoms with van der Waals surface area (Å²) in [5.41, 5.74) is 1.13. The van der Waals surface area contributed by atoms with Crippen molar-refractivity contribution >= 4 is 34.8 Å². The number of benzene rings is 1. The maximum atomic E-state index is 14.4. The number of ketones is 1. The molecule has 2 heterocycles. The van der Waals surface area contributed by atoms with Crippen LogP contribution in [0.2, 0.25) is 10.0 Å². The van der Waals surface area contributed by atoms with Crippen molar-refractivity contribution < 1.29 is 14.3 Å². The molecule has 162 valence electrons. The first-order valence-electron chi connectivity index (χ1n) is 9.74. The van der Waals surface area contributed by atoms with Gasteiger partial charge in [0, 0.05) is 22.4 Å². The van der Waals surface area contributed by atoms with Gasteiger partial charge in [0.2, 0.25) is 5.78 Å². The van der Waals surface area contributed by atoms with E-state index in [0.29, 0.717) is 23.0 Å². The molecule has 0 unspecified atom stereocenters. The molecular weight excluding hydrogens is 444 g/mol. The Morgan fingerprint density at radius 2 is 2.16 bits per heavy atom. The molecule has 0 aliphatic heterocycles. The maximum Gasteiger partial charge on any atom is 0.218 e. The third-order valence-corrected chi connectivity index (χ3v) is 6.02. The van der Waals surface area contributed by atoms with Gasteiger partial charge in [-0.3, -0.25) is 9.48 Å². The summed E-state index contributed by atoms with van der Waals surface area (Å²) >= 11 is 12.2. The molecule has 0 saturated heterocycles. The molecule has 31 heavy (non-hydrogen) atoms. The summed E-state index contributed by atoms with van der Waals surface area (Å²) in [5, 5.41) is 18.3. The number of hydrogen-bond acceptors (Lipinski definition) is 6. The van der Waals surface area contributed by atoms with Gasteiger partial charge in [-0.1, -0.05) is 30.1 Å². The molecule has 4 atom stereocenters. The molecule has 7 nitrogen and oxygen atoms in total. The van der Waals surface area contributed by atoms with Crippen LogP contribution < -0.4 is 5.32 Å². The van der Waals surface area contributed by atoms with Gasteiger partial charge in [0.25, 0.3) is 0 Å². The standard InChI is InChI=1S/C21H20Cl2FN5O2/c1-11-6-17(18(24)19(11)30)27-21-14(8-25-10-26-21)20(31)16-4-5-29(28-16)9-12-7-13(22)2-3-15(12)23/h2-5,7-8,10-11,17-19,30H,6,9H2,1H3,(H,25,26,27)/t11-,17-,18-,19-/m1/s1. The van der Waals surface area contributed by atoms with E-state index >= 15 is 0 Å². The summed E-state index contributed by atoms with van der Waals surface area (Å²) in [4.78, 5) is 21.1. The van der Waals surface area contributed by atoms with E-state index in [1.807, 2.05) is 0 Å². The van der Waals surface area contributed by atoms with E-state index in [1.54, 1.807) is 42.1 Å². The summed E-state index contributed by atoms with van der Waals surface area (Å²) in [6.07, 6.45) is 2.23. The lowest BCUT2D eigenvalue weighted by atomic mass is 10.1. The summed E-state index contributed by atoms with van der Waals surface area (Å²) in [7, 11) is 0. The molecule has 0 amide bonds. The Labute approximate surface area is 188 Å². The van der Waals surface area contributed by atoms with E-state index in [0.717, 1.165) is 5.56 Å². The second-order valence-electron chi connectivity index (χ2n) is 7.65. The van der Waals surface area contributed by atoms with Crippen molar-refractivity contribution in [3.63, 3.8) is 0 Å². The van der Waals surface area contributed by atoms with Crippen molar-refractivity contribution in [2.24, 2.45) is 5.92 Å².